The van der Waals surface area contributed by atoms with Crippen molar-refractivity contribution < 1.29 is 4.79 Å². The van der Waals surface area contributed by atoms with Gasteiger partial charge in [0.1, 0.15) is 0 Å². The van der Waals surface area contributed by atoms with Crippen molar-refractivity contribution in [3.05, 3.63) is 0 Å². The summed E-state index contributed by atoms with van der Waals surface area (Å²) in [5.74, 6) is 1.17. The zero-order chi connectivity index (χ0) is 17.3. The number of guanidine groups is 1. The Morgan fingerprint density at radius 1 is 1.35 bits per heavy atom. The van der Waals surface area contributed by atoms with Crippen LogP contribution in [0.15, 0.2) is 4.99 Å². The number of aliphatic imine (C=N–C) groups is 1. The Labute approximate surface area is 141 Å². The van der Waals surface area contributed by atoms with Gasteiger partial charge in [0.25, 0.3) is 0 Å². The molecule has 1 aliphatic rings. The smallest absolute Gasteiger partial charge is 0.222 e. The number of nitrogens with one attached hydrogen (secondary N) is 2. The molecular weight excluding hydrogens is 290 g/mol. The predicted octanol–water partition coefficient (Wildman–Crippen LogP) is 1.14. The number of carbonyl (C=O) groups is 1. The van der Waals surface area contributed by atoms with Crippen LogP contribution < -0.4 is 10.6 Å². The second kappa shape index (κ2) is 9.75. The number of carbonyl (C=O) groups excluding carboxylic acids is 1. The molecule has 1 rings (SSSR count). The van der Waals surface area contributed by atoms with Crippen LogP contribution in [0.3, 0.4) is 0 Å². The van der Waals surface area contributed by atoms with Crippen LogP contribution in [0, 0.1) is 5.41 Å². The number of rotatable bonds is 9. The summed E-state index contributed by atoms with van der Waals surface area (Å²) in [6.45, 7) is 11.8. The van der Waals surface area contributed by atoms with Gasteiger partial charge >= 0.3 is 0 Å². The molecular formula is C17H35N5O. The van der Waals surface area contributed by atoms with E-state index in [0.29, 0.717) is 5.91 Å². The molecule has 1 aliphatic heterocycles. The molecule has 1 heterocycles. The van der Waals surface area contributed by atoms with Crippen molar-refractivity contribution in [2.45, 2.75) is 40.0 Å². The summed E-state index contributed by atoms with van der Waals surface area (Å²) in [7, 11) is 4.18. The molecule has 23 heavy (non-hydrogen) atoms. The van der Waals surface area contributed by atoms with E-state index in [0.717, 1.165) is 64.5 Å². The van der Waals surface area contributed by atoms with E-state index < -0.39 is 0 Å². The summed E-state index contributed by atoms with van der Waals surface area (Å²) in [5, 5.41) is 6.66. The Morgan fingerprint density at radius 3 is 2.65 bits per heavy atom. The van der Waals surface area contributed by atoms with Crippen LogP contribution in [0.2, 0.25) is 0 Å². The lowest BCUT2D eigenvalue weighted by molar-refractivity contribution is -0.127. The highest BCUT2D eigenvalue weighted by atomic mass is 16.2. The highest BCUT2D eigenvalue weighted by Gasteiger charge is 2.20. The molecule has 0 aromatic rings. The Morgan fingerprint density at radius 2 is 2.09 bits per heavy atom. The maximum atomic E-state index is 11.6. The standard InChI is InChI=1S/C17H35N5O/c1-6-18-16(20-13-17(2,3)14-21(4)5)19-10-8-12-22-11-7-9-15(22)23/h6-14H2,1-5H3,(H2,18,19,20). The molecule has 0 bridgehead atoms. The minimum Gasteiger partial charge on any atom is -0.357 e. The van der Waals surface area contributed by atoms with E-state index in [1.54, 1.807) is 0 Å². The van der Waals surface area contributed by atoms with E-state index in [1.807, 2.05) is 4.90 Å². The van der Waals surface area contributed by atoms with Crippen molar-refractivity contribution in [2.24, 2.45) is 10.4 Å². The molecule has 1 saturated heterocycles. The molecule has 0 spiro atoms. The molecule has 1 fully saturated rings. The highest BCUT2D eigenvalue weighted by Crippen LogP contribution is 2.16. The maximum absolute atomic E-state index is 11.6. The summed E-state index contributed by atoms with van der Waals surface area (Å²) in [6, 6.07) is 0. The van der Waals surface area contributed by atoms with Crippen molar-refractivity contribution >= 4 is 11.9 Å². The largest absolute Gasteiger partial charge is 0.357 e. The van der Waals surface area contributed by atoms with E-state index in [-0.39, 0.29) is 5.41 Å². The van der Waals surface area contributed by atoms with Crippen molar-refractivity contribution in [1.82, 2.24) is 20.4 Å². The zero-order valence-electron chi connectivity index (χ0n) is 15.6. The van der Waals surface area contributed by atoms with Crippen molar-refractivity contribution in [3.8, 4) is 0 Å². The zero-order valence-corrected chi connectivity index (χ0v) is 15.6. The minimum atomic E-state index is 0.147. The Hall–Kier alpha value is -1.30. The van der Waals surface area contributed by atoms with Crippen LogP contribution in [-0.4, -0.2) is 75.0 Å². The fraction of sp³-hybridized carbons (Fsp3) is 0.882. The van der Waals surface area contributed by atoms with Gasteiger partial charge in [0.05, 0.1) is 0 Å². The van der Waals surface area contributed by atoms with Crippen LogP contribution >= 0.6 is 0 Å². The second-order valence-electron chi connectivity index (χ2n) is 7.36. The molecule has 134 valence electrons. The van der Waals surface area contributed by atoms with Crippen LogP contribution in [-0.2, 0) is 4.79 Å². The van der Waals surface area contributed by atoms with Gasteiger partial charge < -0.3 is 20.4 Å². The molecule has 0 saturated carbocycles. The molecule has 6 heteroatoms. The monoisotopic (exact) mass is 325 g/mol. The van der Waals surface area contributed by atoms with E-state index in [1.165, 1.54) is 0 Å². The van der Waals surface area contributed by atoms with Crippen molar-refractivity contribution in [3.63, 3.8) is 0 Å². The molecule has 0 unspecified atom stereocenters. The Kier molecular flexibility index (Phi) is 8.37. The fourth-order valence-corrected chi connectivity index (χ4v) is 2.96. The van der Waals surface area contributed by atoms with E-state index >= 15 is 0 Å². The van der Waals surface area contributed by atoms with E-state index in [4.69, 9.17) is 4.99 Å². The molecule has 0 atom stereocenters. The predicted molar refractivity (Wildman–Crippen MR) is 96.7 cm³/mol. The van der Waals surface area contributed by atoms with E-state index in [2.05, 4.69) is 50.4 Å². The number of likely N-dealkylation sites (tertiary alicyclic amines) is 1. The molecule has 0 aromatic heterocycles. The van der Waals surface area contributed by atoms with E-state index in [9.17, 15) is 4.79 Å². The third kappa shape index (κ3) is 8.21. The van der Waals surface area contributed by atoms with Crippen molar-refractivity contribution in [1.29, 1.82) is 0 Å². The summed E-state index contributed by atoms with van der Waals surface area (Å²) in [4.78, 5) is 20.4. The molecule has 0 aromatic carbocycles. The summed E-state index contributed by atoms with van der Waals surface area (Å²) >= 11 is 0. The lowest BCUT2D eigenvalue weighted by atomic mass is 9.93. The summed E-state index contributed by atoms with van der Waals surface area (Å²) in [6.07, 6.45) is 2.69. The molecule has 0 aliphatic carbocycles. The topological polar surface area (TPSA) is 60.0 Å². The normalized spacial score (nSPS) is 16.3. The second-order valence-corrected chi connectivity index (χ2v) is 7.36. The number of nitrogens with zero attached hydrogens (tertiary/aromatic N) is 3. The van der Waals surface area contributed by atoms with Gasteiger partial charge in [-0.05, 0) is 39.3 Å². The molecule has 6 nitrogen and oxygen atoms in total. The third-order valence-electron chi connectivity index (χ3n) is 3.82. The third-order valence-corrected chi connectivity index (χ3v) is 3.82. The molecule has 0 radical (unpaired) electrons. The average molecular weight is 326 g/mol. The quantitative estimate of drug-likeness (QED) is 0.379. The van der Waals surface area contributed by atoms with Gasteiger partial charge in [0, 0.05) is 45.7 Å². The lowest BCUT2D eigenvalue weighted by Crippen LogP contribution is -2.40. The summed E-state index contributed by atoms with van der Waals surface area (Å²) in [5.41, 5.74) is 0.147. The minimum absolute atomic E-state index is 0.147. The number of hydrogen-bond acceptors (Lipinski definition) is 3. The summed E-state index contributed by atoms with van der Waals surface area (Å²) < 4.78 is 0. The van der Waals surface area contributed by atoms with Gasteiger partial charge in [0.15, 0.2) is 5.96 Å². The first-order chi connectivity index (χ1) is 10.8. The van der Waals surface area contributed by atoms with Gasteiger partial charge in [-0.1, -0.05) is 13.8 Å². The van der Waals surface area contributed by atoms with Crippen molar-refractivity contribution in [2.75, 3.05) is 53.4 Å². The first-order valence-corrected chi connectivity index (χ1v) is 8.79. The van der Waals surface area contributed by atoms with Gasteiger partial charge in [0.2, 0.25) is 5.91 Å². The molecule has 2 N–H and O–H groups in total. The van der Waals surface area contributed by atoms with Crippen LogP contribution in [0.5, 0.6) is 0 Å². The van der Waals surface area contributed by atoms with Gasteiger partial charge in [-0.2, -0.15) is 0 Å². The van der Waals surface area contributed by atoms with Crippen LogP contribution in [0.25, 0.3) is 0 Å². The Balaban J connectivity index is 2.35. The highest BCUT2D eigenvalue weighted by molar-refractivity contribution is 5.79. The number of hydrogen-bond donors (Lipinski definition) is 2. The van der Waals surface area contributed by atoms with Crippen LogP contribution in [0.4, 0.5) is 0 Å². The van der Waals surface area contributed by atoms with Gasteiger partial charge in [-0.3, -0.25) is 9.79 Å². The first kappa shape index (κ1) is 19.7. The van der Waals surface area contributed by atoms with Gasteiger partial charge in [-0.25, -0.2) is 0 Å². The average Bonchev–Trinajstić information content (AvgIpc) is 2.85. The lowest BCUT2D eigenvalue weighted by Gasteiger charge is -2.26. The number of amides is 1. The molecule has 1 amide bonds. The van der Waals surface area contributed by atoms with Crippen LogP contribution in [0.1, 0.15) is 40.0 Å². The Bertz CT molecular complexity index is 392. The fourth-order valence-electron chi connectivity index (χ4n) is 2.96. The SMILES string of the molecule is CCNC(=NCC(C)(C)CN(C)C)NCCCN1CCCC1=O. The first-order valence-electron chi connectivity index (χ1n) is 8.79. The van der Waals surface area contributed by atoms with Gasteiger partial charge in [-0.15, -0.1) is 0 Å². The maximum Gasteiger partial charge on any atom is 0.222 e.